The fraction of sp³-hybridized carbons (Fsp3) is 0.217. The summed E-state index contributed by atoms with van der Waals surface area (Å²) in [6.45, 7) is 4.17. The average molecular weight is 375 g/mol. The summed E-state index contributed by atoms with van der Waals surface area (Å²) < 4.78 is 0. The average Bonchev–Trinajstić information content (AvgIpc) is 2.67. The van der Waals surface area contributed by atoms with Gasteiger partial charge in [-0.05, 0) is 41.6 Å². The lowest BCUT2D eigenvalue weighted by molar-refractivity contribution is -0.117. The fourth-order valence-corrected chi connectivity index (χ4v) is 2.97. The van der Waals surface area contributed by atoms with E-state index < -0.39 is 0 Å². The molecule has 3 N–H and O–H groups in total. The quantitative estimate of drug-likeness (QED) is 0.551. The topological polar surface area (TPSA) is 70.2 Å². The number of rotatable bonds is 7. The minimum absolute atomic E-state index is 0.00479. The Balaban J connectivity index is 1.54. The zero-order valence-corrected chi connectivity index (χ0v) is 16.2. The van der Waals surface area contributed by atoms with E-state index in [9.17, 15) is 9.59 Å². The van der Waals surface area contributed by atoms with Gasteiger partial charge in [-0.1, -0.05) is 50.2 Å². The second-order valence-electron chi connectivity index (χ2n) is 7.15. The molecule has 0 bridgehead atoms. The number of carbonyl (C=O) groups excluding carboxylic acids is 2. The second kappa shape index (κ2) is 9.04. The van der Waals surface area contributed by atoms with Crippen LogP contribution in [-0.4, -0.2) is 18.4 Å². The van der Waals surface area contributed by atoms with Crippen LogP contribution in [0.3, 0.4) is 0 Å². The molecule has 0 aliphatic carbocycles. The summed E-state index contributed by atoms with van der Waals surface area (Å²) in [5.74, 6) is 0.206. The van der Waals surface area contributed by atoms with E-state index in [1.807, 2.05) is 80.6 Å². The number of amides is 2. The van der Waals surface area contributed by atoms with Gasteiger partial charge in [0.1, 0.15) is 0 Å². The Morgan fingerprint density at radius 2 is 1.46 bits per heavy atom. The van der Waals surface area contributed by atoms with Crippen molar-refractivity contribution in [1.29, 1.82) is 0 Å². The smallest absolute Gasteiger partial charge is 0.243 e. The van der Waals surface area contributed by atoms with Crippen molar-refractivity contribution in [2.24, 2.45) is 5.92 Å². The Kier molecular flexibility index (Phi) is 6.27. The van der Waals surface area contributed by atoms with Crippen LogP contribution in [0.5, 0.6) is 0 Å². The minimum atomic E-state index is -0.120. The van der Waals surface area contributed by atoms with Gasteiger partial charge in [-0.25, -0.2) is 0 Å². The highest BCUT2D eigenvalue weighted by Gasteiger charge is 2.07. The second-order valence-corrected chi connectivity index (χ2v) is 7.15. The van der Waals surface area contributed by atoms with Crippen molar-refractivity contribution in [1.82, 2.24) is 0 Å². The first-order valence-electron chi connectivity index (χ1n) is 9.42. The first kappa shape index (κ1) is 19.4. The van der Waals surface area contributed by atoms with Crippen LogP contribution in [0.25, 0.3) is 10.8 Å². The van der Waals surface area contributed by atoms with Crippen LogP contribution in [0.15, 0.2) is 66.7 Å². The van der Waals surface area contributed by atoms with E-state index in [1.54, 1.807) is 0 Å². The van der Waals surface area contributed by atoms with Gasteiger partial charge in [0.2, 0.25) is 11.8 Å². The van der Waals surface area contributed by atoms with Gasteiger partial charge in [0.05, 0.1) is 6.54 Å². The number of anilines is 3. The van der Waals surface area contributed by atoms with Gasteiger partial charge in [-0.15, -0.1) is 0 Å². The van der Waals surface area contributed by atoms with Crippen molar-refractivity contribution in [2.75, 3.05) is 22.5 Å². The van der Waals surface area contributed by atoms with Crippen LogP contribution < -0.4 is 16.0 Å². The molecule has 0 aliphatic heterocycles. The van der Waals surface area contributed by atoms with Gasteiger partial charge < -0.3 is 16.0 Å². The molecule has 0 fully saturated rings. The SMILES string of the molecule is CC(C)CC(=O)Nc1ccc(NCC(=O)Nc2cccc3ccccc23)cc1. The summed E-state index contributed by atoms with van der Waals surface area (Å²) in [6.07, 6.45) is 0.494. The molecule has 5 nitrogen and oxygen atoms in total. The standard InChI is InChI=1S/C23H25N3O2/c1-16(2)14-22(27)25-19-12-10-18(11-13-19)24-15-23(28)26-21-9-5-7-17-6-3-4-8-20(17)21/h3-13,16,24H,14-15H2,1-2H3,(H,25,27)(H,26,28). The van der Waals surface area contributed by atoms with Crippen molar-refractivity contribution in [3.8, 4) is 0 Å². The highest BCUT2D eigenvalue weighted by atomic mass is 16.2. The number of fused-ring (bicyclic) bond motifs is 1. The molecule has 2 amide bonds. The summed E-state index contributed by atoms with van der Waals surface area (Å²) in [6, 6.07) is 21.1. The zero-order valence-electron chi connectivity index (χ0n) is 16.2. The van der Waals surface area contributed by atoms with E-state index >= 15 is 0 Å². The Morgan fingerprint density at radius 1 is 0.786 bits per heavy atom. The molecule has 0 radical (unpaired) electrons. The van der Waals surface area contributed by atoms with Gasteiger partial charge in [0.15, 0.2) is 0 Å². The molecular formula is C23H25N3O2. The number of benzene rings is 3. The highest BCUT2D eigenvalue weighted by molar-refractivity contribution is 6.03. The minimum Gasteiger partial charge on any atom is -0.376 e. The summed E-state index contributed by atoms with van der Waals surface area (Å²) in [5.41, 5.74) is 2.36. The maximum atomic E-state index is 12.3. The number of nitrogens with one attached hydrogen (secondary N) is 3. The first-order valence-corrected chi connectivity index (χ1v) is 9.42. The third-order valence-electron chi connectivity index (χ3n) is 4.28. The van der Waals surface area contributed by atoms with E-state index in [1.165, 1.54) is 0 Å². The van der Waals surface area contributed by atoms with E-state index in [2.05, 4.69) is 16.0 Å². The van der Waals surface area contributed by atoms with E-state index in [0.29, 0.717) is 12.3 Å². The molecular weight excluding hydrogens is 350 g/mol. The zero-order chi connectivity index (χ0) is 19.9. The lowest BCUT2D eigenvalue weighted by Crippen LogP contribution is -2.21. The Morgan fingerprint density at radius 3 is 2.21 bits per heavy atom. The van der Waals surface area contributed by atoms with Crippen molar-refractivity contribution < 1.29 is 9.59 Å². The Hall–Kier alpha value is -3.34. The van der Waals surface area contributed by atoms with Gasteiger partial charge in [-0.3, -0.25) is 9.59 Å². The van der Waals surface area contributed by atoms with E-state index in [-0.39, 0.29) is 18.4 Å². The lowest BCUT2D eigenvalue weighted by Gasteiger charge is -2.11. The molecule has 0 unspecified atom stereocenters. The number of hydrogen-bond donors (Lipinski definition) is 3. The van der Waals surface area contributed by atoms with Gasteiger partial charge in [-0.2, -0.15) is 0 Å². The van der Waals surface area contributed by atoms with Gasteiger partial charge in [0.25, 0.3) is 0 Å². The lowest BCUT2D eigenvalue weighted by atomic mass is 10.1. The summed E-state index contributed by atoms with van der Waals surface area (Å²) in [5, 5.41) is 11.0. The molecule has 28 heavy (non-hydrogen) atoms. The maximum absolute atomic E-state index is 12.3. The van der Waals surface area contributed by atoms with Crippen LogP contribution >= 0.6 is 0 Å². The van der Waals surface area contributed by atoms with E-state index in [0.717, 1.165) is 27.8 Å². The maximum Gasteiger partial charge on any atom is 0.243 e. The predicted octanol–water partition coefficient (Wildman–Crippen LogP) is 4.88. The van der Waals surface area contributed by atoms with Gasteiger partial charge >= 0.3 is 0 Å². The first-order chi connectivity index (χ1) is 13.5. The van der Waals surface area contributed by atoms with Crippen LogP contribution in [0, 0.1) is 5.92 Å². The van der Waals surface area contributed by atoms with E-state index in [4.69, 9.17) is 0 Å². The van der Waals surface area contributed by atoms with Gasteiger partial charge in [0, 0.05) is 28.9 Å². The largest absolute Gasteiger partial charge is 0.376 e. The fourth-order valence-electron chi connectivity index (χ4n) is 2.97. The van der Waals surface area contributed by atoms with Crippen molar-refractivity contribution in [3.63, 3.8) is 0 Å². The summed E-state index contributed by atoms with van der Waals surface area (Å²) in [7, 11) is 0. The van der Waals surface area contributed by atoms with Crippen molar-refractivity contribution in [3.05, 3.63) is 66.7 Å². The summed E-state index contributed by atoms with van der Waals surface area (Å²) in [4.78, 5) is 24.1. The van der Waals surface area contributed by atoms with Crippen LogP contribution in [0.4, 0.5) is 17.1 Å². The molecule has 5 heteroatoms. The van der Waals surface area contributed by atoms with Crippen molar-refractivity contribution in [2.45, 2.75) is 20.3 Å². The van der Waals surface area contributed by atoms with Crippen LogP contribution in [0.2, 0.25) is 0 Å². The molecule has 3 aromatic rings. The summed E-state index contributed by atoms with van der Waals surface area (Å²) >= 11 is 0. The molecule has 0 aromatic heterocycles. The number of carbonyl (C=O) groups is 2. The third-order valence-corrected chi connectivity index (χ3v) is 4.28. The molecule has 0 spiro atoms. The normalized spacial score (nSPS) is 10.7. The van der Waals surface area contributed by atoms with Crippen LogP contribution in [0.1, 0.15) is 20.3 Å². The molecule has 0 saturated heterocycles. The molecule has 0 heterocycles. The Labute approximate surface area is 165 Å². The van der Waals surface area contributed by atoms with Crippen LogP contribution in [-0.2, 0) is 9.59 Å². The molecule has 3 aromatic carbocycles. The predicted molar refractivity (Wildman–Crippen MR) is 116 cm³/mol. The molecule has 0 atom stereocenters. The Bertz CT molecular complexity index is 960. The number of hydrogen-bond acceptors (Lipinski definition) is 3. The molecule has 0 aliphatic rings. The van der Waals surface area contributed by atoms with Crippen molar-refractivity contribution >= 4 is 39.6 Å². The molecule has 3 rings (SSSR count). The third kappa shape index (κ3) is 5.33. The molecule has 0 saturated carbocycles. The highest BCUT2D eigenvalue weighted by Crippen LogP contribution is 2.23. The molecule has 144 valence electrons. The monoisotopic (exact) mass is 375 g/mol.